The van der Waals surface area contributed by atoms with Crippen molar-refractivity contribution in [1.29, 1.82) is 0 Å². The van der Waals surface area contributed by atoms with E-state index >= 15 is 0 Å². The number of nitrogens with one attached hydrogen (secondary N) is 1. The fourth-order valence-electron chi connectivity index (χ4n) is 4.42. The van der Waals surface area contributed by atoms with Crippen molar-refractivity contribution in [3.05, 3.63) is 21.1 Å². The van der Waals surface area contributed by atoms with E-state index in [4.69, 9.17) is 0 Å². The first-order valence-electron chi connectivity index (χ1n) is 8.50. The van der Waals surface area contributed by atoms with Crippen LogP contribution in [0, 0.1) is 17.8 Å². The van der Waals surface area contributed by atoms with Gasteiger partial charge in [0.2, 0.25) is 0 Å². The van der Waals surface area contributed by atoms with E-state index in [9.17, 15) is 4.79 Å². The van der Waals surface area contributed by atoms with E-state index in [1.54, 1.807) is 3.88 Å². The van der Waals surface area contributed by atoms with Gasteiger partial charge in [0.05, 0.1) is 0 Å². The average molecular weight is 409 g/mol. The fraction of sp³-hybridized carbons (Fsp3) is 0.706. The van der Waals surface area contributed by atoms with Crippen LogP contribution in [0.1, 0.15) is 46.0 Å². The Morgan fingerprint density at radius 3 is 2.35 bits per heavy atom. The second-order valence-corrected chi connectivity index (χ2v) is 20.4. The summed E-state index contributed by atoms with van der Waals surface area (Å²) >= 11 is -1.53. The number of hydrogen-bond acceptors (Lipinski definition) is 1. The fourth-order valence-corrected chi connectivity index (χ4v) is 13.9. The van der Waals surface area contributed by atoms with Crippen LogP contribution in [0.5, 0.6) is 0 Å². The maximum atomic E-state index is 12.8. The molecule has 0 spiro atoms. The van der Waals surface area contributed by atoms with Crippen LogP contribution in [0.2, 0.25) is 13.1 Å². The zero-order chi connectivity index (χ0) is 15.1. The largest absolute Gasteiger partial charge is 1.00 e. The second kappa shape index (κ2) is 8.71. The average Bonchev–Trinajstić information content (AvgIpc) is 3.12. The van der Waals surface area contributed by atoms with E-state index in [0.29, 0.717) is 17.7 Å². The molecular weight excluding hydrogens is 381 g/mol. The number of hydrogen-bond donors (Lipinski definition) is 1. The van der Waals surface area contributed by atoms with Crippen LogP contribution >= 0.6 is 0 Å². The number of carbonyl (C=O) groups is 1. The molecular formula is C17H28Cl2NOSiTi. The molecule has 2 saturated carbocycles. The van der Waals surface area contributed by atoms with E-state index in [1.165, 1.54) is 36.8 Å². The molecule has 2 fully saturated rings. The van der Waals surface area contributed by atoms with E-state index in [1.807, 2.05) is 0 Å². The van der Waals surface area contributed by atoms with Gasteiger partial charge in [-0.05, 0) is 0 Å². The number of allylic oxidation sites excluding steroid dienone is 4. The summed E-state index contributed by atoms with van der Waals surface area (Å²) in [6.07, 6.45) is 8.73. The van der Waals surface area contributed by atoms with Crippen LogP contribution in [0.3, 0.4) is 0 Å². The summed E-state index contributed by atoms with van der Waals surface area (Å²) in [7, 11) is 0. The van der Waals surface area contributed by atoms with E-state index < -0.39 is 24.0 Å². The Labute approximate surface area is 160 Å². The SMILES string of the molecule is CC1=C(C)C[C]([Ti+2]([NH]C(=O)C2CC3CCC2C3)[SiH](C)C)=C1.[Cl-].[Cl-]. The third kappa shape index (κ3) is 4.55. The molecule has 3 unspecified atom stereocenters. The third-order valence-corrected chi connectivity index (χ3v) is 16.9. The Morgan fingerprint density at radius 1 is 1.22 bits per heavy atom. The molecule has 0 aromatic heterocycles. The second-order valence-electron chi connectivity index (χ2n) is 7.65. The summed E-state index contributed by atoms with van der Waals surface area (Å²) in [4.78, 5) is 12.8. The van der Waals surface area contributed by atoms with Crippen molar-refractivity contribution < 1.29 is 47.0 Å². The van der Waals surface area contributed by atoms with Gasteiger partial charge in [-0.3, -0.25) is 0 Å². The van der Waals surface area contributed by atoms with Crippen LogP contribution in [0.25, 0.3) is 0 Å². The number of halogens is 2. The minimum absolute atomic E-state index is 0. The first kappa shape index (κ1) is 21.5. The Kier molecular flexibility index (Phi) is 8.14. The molecule has 3 aliphatic carbocycles. The van der Waals surface area contributed by atoms with E-state index in [0.717, 1.165) is 12.3 Å². The maximum absolute atomic E-state index is 12.8. The van der Waals surface area contributed by atoms with Crippen molar-refractivity contribution in [2.75, 3.05) is 0 Å². The molecule has 2 bridgehead atoms. The summed E-state index contributed by atoms with van der Waals surface area (Å²) in [6, 6.07) is 0. The molecule has 0 aromatic carbocycles. The number of fused-ring (bicyclic) bond motifs is 2. The van der Waals surface area contributed by atoms with Crippen molar-refractivity contribution in [3.63, 3.8) is 0 Å². The molecule has 23 heavy (non-hydrogen) atoms. The van der Waals surface area contributed by atoms with Crippen molar-refractivity contribution in [3.8, 4) is 0 Å². The molecule has 129 valence electrons. The first-order valence-corrected chi connectivity index (χ1v) is 15.7. The Hall–Kier alpha value is 0.461. The quantitative estimate of drug-likeness (QED) is 0.520. The molecule has 0 heterocycles. The van der Waals surface area contributed by atoms with Crippen LogP contribution in [0.15, 0.2) is 21.1 Å². The Bertz CT molecular complexity index is 521. The molecule has 3 aliphatic rings. The van der Waals surface area contributed by atoms with Crippen LogP contribution < -0.4 is 28.6 Å². The predicted molar refractivity (Wildman–Crippen MR) is 87.0 cm³/mol. The number of carbonyl (C=O) groups excluding carboxylic acids is 1. The molecule has 6 heteroatoms. The molecule has 1 amide bonds. The Morgan fingerprint density at radius 2 is 1.91 bits per heavy atom. The molecule has 0 aromatic rings. The van der Waals surface area contributed by atoms with Crippen LogP contribution in [0.4, 0.5) is 0 Å². The van der Waals surface area contributed by atoms with Gasteiger partial charge in [0.25, 0.3) is 0 Å². The van der Waals surface area contributed by atoms with Crippen LogP contribution in [-0.2, 0) is 22.2 Å². The van der Waals surface area contributed by atoms with Gasteiger partial charge in [-0.15, -0.1) is 0 Å². The summed E-state index contributed by atoms with van der Waals surface area (Å²) in [5.41, 5.74) is 2.96. The maximum Gasteiger partial charge on any atom is -1.00 e. The molecule has 0 aliphatic heterocycles. The standard InChI is InChI=1S/C8H13NO.C7H9.C2H7Si.2ClH.Ti/c9-8(10)7-4-5-1-2-6(7)3-5;1-6-4-3-5-7(6)2;1-3-2;;;/h5-7H,1-4H2,(H2,9,10);4H,5H2,1-2H3;3H,1-2H3;2*1H;/q;;;;;+3/p-3. The Balaban J connectivity index is 0.00000132. The summed E-state index contributed by atoms with van der Waals surface area (Å²) in [5, 5.41) is 0. The molecule has 2 nitrogen and oxygen atoms in total. The molecule has 0 saturated heterocycles. The van der Waals surface area contributed by atoms with Gasteiger partial charge in [-0.25, -0.2) is 0 Å². The number of rotatable bonds is 4. The topological polar surface area (TPSA) is 29.1 Å². The summed E-state index contributed by atoms with van der Waals surface area (Å²) in [6.45, 7) is 8.56. The van der Waals surface area contributed by atoms with Gasteiger partial charge in [-0.1, -0.05) is 0 Å². The molecule has 0 radical (unpaired) electrons. The molecule has 3 atom stereocenters. The van der Waals surface area contributed by atoms with Crippen molar-refractivity contribution in [2.45, 2.75) is 59.0 Å². The first-order chi connectivity index (χ1) is 9.95. The van der Waals surface area contributed by atoms with Gasteiger partial charge < -0.3 is 24.8 Å². The van der Waals surface area contributed by atoms with Gasteiger partial charge in [0.1, 0.15) is 0 Å². The zero-order valence-electron chi connectivity index (χ0n) is 14.6. The van der Waals surface area contributed by atoms with Gasteiger partial charge >= 0.3 is 136 Å². The number of amides is 1. The molecule has 3 rings (SSSR count). The van der Waals surface area contributed by atoms with Crippen molar-refractivity contribution >= 4 is 12.6 Å². The minimum Gasteiger partial charge on any atom is -1.00 e. The summed E-state index contributed by atoms with van der Waals surface area (Å²) in [5.74, 6) is 2.36. The van der Waals surface area contributed by atoms with Gasteiger partial charge in [0, 0.05) is 0 Å². The van der Waals surface area contributed by atoms with Crippen molar-refractivity contribution in [2.24, 2.45) is 17.8 Å². The third-order valence-electron chi connectivity index (χ3n) is 5.78. The van der Waals surface area contributed by atoms with E-state index in [-0.39, 0.29) is 24.8 Å². The minimum atomic E-state index is -1.53. The monoisotopic (exact) mass is 408 g/mol. The van der Waals surface area contributed by atoms with Gasteiger partial charge in [-0.2, -0.15) is 0 Å². The van der Waals surface area contributed by atoms with Crippen LogP contribution in [-0.4, -0.2) is 12.6 Å². The normalized spacial score (nSPS) is 28.4. The zero-order valence-corrected chi connectivity index (χ0v) is 18.8. The van der Waals surface area contributed by atoms with E-state index in [2.05, 4.69) is 36.8 Å². The van der Waals surface area contributed by atoms with Crippen molar-refractivity contribution in [1.82, 2.24) is 3.80 Å². The van der Waals surface area contributed by atoms with Gasteiger partial charge in [0.15, 0.2) is 0 Å². The molecule has 1 N–H and O–H groups in total. The summed E-state index contributed by atoms with van der Waals surface area (Å²) < 4.78 is 5.25. The predicted octanol–water partition coefficient (Wildman–Crippen LogP) is -2.31. The smallest absolute Gasteiger partial charge is 1.00 e.